The molecule has 0 spiro atoms. The minimum absolute atomic E-state index is 0.137. The number of anilines is 1. The Morgan fingerprint density at radius 3 is 2.10 bits per heavy atom. The highest BCUT2D eigenvalue weighted by Crippen LogP contribution is 2.32. The maximum Gasteiger partial charge on any atom is 0.278 e. The number of imide groups is 1. The lowest BCUT2D eigenvalue weighted by atomic mass is 10.0. The van der Waals surface area contributed by atoms with Gasteiger partial charge in [-0.3, -0.25) is 14.5 Å². The molecule has 5 nitrogen and oxygen atoms in total. The minimum atomic E-state index is -0.358. The fourth-order valence-corrected chi connectivity index (χ4v) is 3.38. The number of hydrogen-bond donors (Lipinski definition) is 1. The van der Waals surface area contributed by atoms with Crippen LogP contribution in [0.25, 0.3) is 5.57 Å². The van der Waals surface area contributed by atoms with Gasteiger partial charge in [-0.15, -0.1) is 0 Å². The number of ether oxygens (including phenoxy) is 1. The first-order chi connectivity index (χ1) is 14.2. The van der Waals surface area contributed by atoms with Crippen molar-refractivity contribution >= 4 is 23.1 Å². The summed E-state index contributed by atoms with van der Waals surface area (Å²) in [7, 11) is 1.57. The summed E-state index contributed by atoms with van der Waals surface area (Å²) < 4.78 is 5.38. The molecule has 2 amide bonds. The van der Waals surface area contributed by atoms with E-state index in [1.165, 1.54) is 4.90 Å². The Morgan fingerprint density at radius 2 is 1.41 bits per heavy atom. The first kappa shape index (κ1) is 18.5. The predicted molar refractivity (Wildman–Crippen MR) is 112 cm³/mol. The van der Waals surface area contributed by atoms with Crippen LogP contribution in [0, 0.1) is 0 Å². The molecular formula is C24H20N2O3. The third-order valence-corrected chi connectivity index (χ3v) is 4.79. The molecule has 1 heterocycles. The lowest BCUT2D eigenvalue weighted by Gasteiger charge is -2.17. The summed E-state index contributed by atoms with van der Waals surface area (Å²) in [5.74, 6) is -0.0482. The maximum atomic E-state index is 13.3. The molecule has 0 bridgehead atoms. The number of nitrogens with zero attached hydrogens (tertiary/aromatic N) is 1. The maximum absolute atomic E-state index is 13.3. The van der Waals surface area contributed by atoms with Gasteiger partial charge in [0.05, 0.1) is 19.2 Å². The van der Waals surface area contributed by atoms with E-state index in [1.807, 2.05) is 84.9 Å². The minimum Gasteiger partial charge on any atom is -0.496 e. The van der Waals surface area contributed by atoms with Crippen LogP contribution in [-0.4, -0.2) is 23.8 Å². The number of rotatable bonds is 6. The molecule has 144 valence electrons. The quantitative estimate of drug-likeness (QED) is 0.651. The average Bonchev–Trinajstić information content (AvgIpc) is 2.99. The number of carbonyl (C=O) groups excluding carboxylic acids is 2. The molecule has 0 aliphatic carbocycles. The van der Waals surface area contributed by atoms with E-state index in [0.717, 1.165) is 11.3 Å². The van der Waals surface area contributed by atoms with Crippen molar-refractivity contribution < 1.29 is 14.3 Å². The second-order valence-electron chi connectivity index (χ2n) is 6.62. The van der Waals surface area contributed by atoms with E-state index in [1.54, 1.807) is 7.11 Å². The summed E-state index contributed by atoms with van der Waals surface area (Å²) in [4.78, 5) is 27.8. The fraction of sp³-hybridized carbons (Fsp3) is 0.0833. The van der Waals surface area contributed by atoms with Gasteiger partial charge < -0.3 is 10.1 Å². The number of nitrogens with one attached hydrogen (secondary N) is 1. The van der Waals surface area contributed by atoms with E-state index >= 15 is 0 Å². The van der Waals surface area contributed by atoms with Crippen LogP contribution in [-0.2, 0) is 16.1 Å². The zero-order valence-electron chi connectivity index (χ0n) is 16.0. The molecule has 3 aromatic rings. The van der Waals surface area contributed by atoms with Gasteiger partial charge in [0.2, 0.25) is 0 Å². The van der Waals surface area contributed by atoms with Crippen molar-refractivity contribution in [1.29, 1.82) is 0 Å². The normalized spacial score (nSPS) is 13.8. The molecular weight excluding hydrogens is 364 g/mol. The molecule has 0 atom stereocenters. The van der Waals surface area contributed by atoms with E-state index in [2.05, 4.69) is 5.32 Å². The highest BCUT2D eigenvalue weighted by molar-refractivity contribution is 6.36. The van der Waals surface area contributed by atoms with E-state index in [-0.39, 0.29) is 24.1 Å². The van der Waals surface area contributed by atoms with Gasteiger partial charge in [-0.25, -0.2) is 0 Å². The Labute approximate surface area is 169 Å². The third kappa shape index (κ3) is 3.62. The molecule has 0 radical (unpaired) electrons. The zero-order chi connectivity index (χ0) is 20.2. The standard InChI is InChI=1S/C24H20N2O3/c1-29-20-15-9-8-12-18(20)16-26-23(27)21(17-10-4-2-5-11-17)22(24(26)28)25-19-13-6-3-7-14-19/h2-15,25H,16H2,1H3. The van der Waals surface area contributed by atoms with E-state index in [4.69, 9.17) is 4.74 Å². The van der Waals surface area contributed by atoms with Crippen molar-refractivity contribution in [3.63, 3.8) is 0 Å². The fourth-order valence-electron chi connectivity index (χ4n) is 3.38. The van der Waals surface area contributed by atoms with E-state index in [0.29, 0.717) is 16.9 Å². The van der Waals surface area contributed by atoms with Gasteiger partial charge in [-0.2, -0.15) is 0 Å². The molecule has 1 aliphatic heterocycles. The largest absolute Gasteiger partial charge is 0.496 e. The van der Waals surface area contributed by atoms with Gasteiger partial charge in [-0.1, -0.05) is 66.7 Å². The number of hydrogen-bond acceptors (Lipinski definition) is 4. The summed E-state index contributed by atoms with van der Waals surface area (Å²) in [6.07, 6.45) is 0. The summed E-state index contributed by atoms with van der Waals surface area (Å²) in [5.41, 5.74) is 2.87. The summed E-state index contributed by atoms with van der Waals surface area (Å²) in [6, 6.07) is 26.0. The molecule has 0 aromatic heterocycles. The van der Waals surface area contributed by atoms with Crippen LogP contribution in [0.3, 0.4) is 0 Å². The Balaban J connectivity index is 1.73. The van der Waals surface area contributed by atoms with Crippen LogP contribution in [0.4, 0.5) is 5.69 Å². The van der Waals surface area contributed by atoms with Crippen molar-refractivity contribution in [2.24, 2.45) is 0 Å². The molecule has 0 saturated heterocycles. The number of benzene rings is 3. The Hall–Kier alpha value is -3.86. The number of carbonyl (C=O) groups is 2. The summed E-state index contributed by atoms with van der Waals surface area (Å²) in [6.45, 7) is 0.137. The van der Waals surface area contributed by atoms with Crippen molar-refractivity contribution in [3.8, 4) is 5.75 Å². The molecule has 5 heteroatoms. The van der Waals surface area contributed by atoms with Crippen LogP contribution in [0.1, 0.15) is 11.1 Å². The van der Waals surface area contributed by atoms with Gasteiger partial charge in [0.25, 0.3) is 11.8 Å². The topological polar surface area (TPSA) is 58.6 Å². The average molecular weight is 384 g/mol. The molecule has 0 saturated carbocycles. The van der Waals surface area contributed by atoms with Crippen LogP contribution in [0.5, 0.6) is 5.75 Å². The van der Waals surface area contributed by atoms with E-state index in [9.17, 15) is 9.59 Å². The van der Waals surface area contributed by atoms with Crippen LogP contribution < -0.4 is 10.1 Å². The summed E-state index contributed by atoms with van der Waals surface area (Å²) >= 11 is 0. The predicted octanol–water partition coefficient (Wildman–Crippen LogP) is 4.09. The lowest BCUT2D eigenvalue weighted by molar-refractivity contribution is -0.137. The van der Waals surface area contributed by atoms with Crippen LogP contribution in [0.2, 0.25) is 0 Å². The number of amides is 2. The molecule has 1 aliphatic rings. The van der Waals surface area contributed by atoms with E-state index < -0.39 is 0 Å². The first-order valence-corrected chi connectivity index (χ1v) is 9.29. The number of methoxy groups -OCH3 is 1. The zero-order valence-corrected chi connectivity index (χ0v) is 16.0. The van der Waals surface area contributed by atoms with Gasteiger partial charge in [-0.05, 0) is 23.8 Å². The molecule has 3 aromatic carbocycles. The first-order valence-electron chi connectivity index (χ1n) is 9.29. The Morgan fingerprint density at radius 1 is 0.793 bits per heavy atom. The summed E-state index contributed by atoms with van der Waals surface area (Å²) in [5, 5.41) is 3.15. The molecule has 0 fully saturated rings. The highest BCUT2D eigenvalue weighted by atomic mass is 16.5. The highest BCUT2D eigenvalue weighted by Gasteiger charge is 2.39. The van der Waals surface area contributed by atoms with Gasteiger partial charge >= 0.3 is 0 Å². The number of para-hydroxylation sites is 2. The van der Waals surface area contributed by atoms with Gasteiger partial charge in [0.15, 0.2) is 0 Å². The second kappa shape index (κ2) is 8.02. The molecule has 4 rings (SSSR count). The van der Waals surface area contributed by atoms with Crippen LogP contribution in [0.15, 0.2) is 90.6 Å². The monoisotopic (exact) mass is 384 g/mol. The molecule has 29 heavy (non-hydrogen) atoms. The van der Waals surface area contributed by atoms with Gasteiger partial charge in [0, 0.05) is 11.3 Å². The Kier molecular flexibility index (Phi) is 5.12. The van der Waals surface area contributed by atoms with Crippen molar-refractivity contribution in [3.05, 3.63) is 102 Å². The SMILES string of the molecule is COc1ccccc1CN1C(=O)C(Nc2ccccc2)=C(c2ccccc2)C1=O. The second-order valence-corrected chi connectivity index (χ2v) is 6.62. The van der Waals surface area contributed by atoms with Crippen LogP contribution >= 0.6 is 0 Å². The molecule has 0 unspecified atom stereocenters. The van der Waals surface area contributed by atoms with Crippen molar-refractivity contribution in [2.75, 3.05) is 12.4 Å². The molecule has 1 N–H and O–H groups in total. The van der Waals surface area contributed by atoms with Crippen molar-refractivity contribution in [2.45, 2.75) is 6.54 Å². The lowest BCUT2D eigenvalue weighted by Crippen LogP contribution is -2.32. The van der Waals surface area contributed by atoms with Gasteiger partial charge in [0.1, 0.15) is 11.4 Å². The van der Waals surface area contributed by atoms with Crippen molar-refractivity contribution in [1.82, 2.24) is 4.90 Å². The third-order valence-electron chi connectivity index (χ3n) is 4.79. The Bertz CT molecular complexity index is 1080. The smallest absolute Gasteiger partial charge is 0.278 e.